The molecule has 0 radical (unpaired) electrons. The van der Waals surface area contributed by atoms with Crippen LogP contribution in [0.15, 0.2) is 42.7 Å². The molecular formula is C29H32F2N4O. The van der Waals surface area contributed by atoms with E-state index in [0.717, 1.165) is 79.6 Å². The Labute approximate surface area is 210 Å². The molecule has 7 heteroatoms. The number of benzene rings is 2. The molecule has 1 aromatic heterocycles. The van der Waals surface area contributed by atoms with Crippen molar-refractivity contribution in [1.82, 2.24) is 15.1 Å². The number of aromatic nitrogens is 2. The van der Waals surface area contributed by atoms with Crippen LogP contribution in [0, 0.1) is 17.6 Å². The number of carbonyl (C=O) groups excluding carboxylic acids is 1. The van der Waals surface area contributed by atoms with Crippen LogP contribution in [-0.2, 0) is 17.6 Å². The van der Waals surface area contributed by atoms with Crippen molar-refractivity contribution < 1.29 is 13.6 Å². The summed E-state index contributed by atoms with van der Waals surface area (Å²) in [6, 6.07) is 8.82. The second-order valence-corrected chi connectivity index (χ2v) is 10.6. The normalized spacial score (nSPS) is 20.4. The zero-order valence-electron chi connectivity index (χ0n) is 20.6. The van der Waals surface area contributed by atoms with Crippen LogP contribution >= 0.6 is 0 Å². The summed E-state index contributed by atoms with van der Waals surface area (Å²) in [4.78, 5) is 15.2. The molecule has 2 aliphatic heterocycles. The van der Waals surface area contributed by atoms with E-state index in [-0.39, 0.29) is 17.9 Å². The largest absolute Gasteiger partial charge is 0.317 e. The molecule has 1 N–H and O–H groups in total. The first-order chi connectivity index (χ1) is 17.5. The predicted octanol–water partition coefficient (Wildman–Crippen LogP) is 5.42. The maximum atomic E-state index is 14.1. The molecule has 2 fully saturated rings. The number of rotatable bonds is 5. The lowest BCUT2D eigenvalue weighted by Gasteiger charge is -2.37. The molecule has 1 aliphatic carbocycles. The summed E-state index contributed by atoms with van der Waals surface area (Å²) in [7, 11) is 0. The van der Waals surface area contributed by atoms with Gasteiger partial charge in [0, 0.05) is 29.4 Å². The first-order valence-corrected chi connectivity index (χ1v) is 13.2. The van der Waals surface area contributed by atoms with Gasteiger partial charge in [0.15, 0.2) is 11.6 Å². The van der Waals surface area contributed by atoms with Gasteiger partial charge in [0.1, 0.15) is 0 Å². The van der Waals surface area contributed by atoms with E-state index in [2.05, 4.69) is 35.3 Å². The third-order valence-corrected chi connectivity index (χ3v) is 8.04. The fourth-order valence-corrected chi connectivity index (χ4v) is 5.84. The number of hydrogen-bond donors (Lipinski definition) is 1. The number of nitrogens with zero attached hydrogens (tertiary/aromatic N) is 3. The topological polar surface area (TPSA) is 50.2 Å². The molecule has 6 rings (SSSR count). The molecule has 3 aliphatic rings. The standard InChI is InChI=1S/C29H32F2N4O/c1-18-2-6-24-25(14-19-3-8-26(30)27(31)15-19)23(7-9-28(24)35(18)29(36)20-4-5-20)21-16-33-34(17-21)22-10-12-32-13-11-22/h3,7-9,15-18,20,22,32H,2,4-6,10-14H2,1H3. The molecule has 188 valence electrons. The van der Waals surface area contributed by atoms with Gasteiger partial charge in [-0.1, -0.05) is 12.1 Å². The van der Waals surface area contributed by atoms with Crippen LogP contribution in [0.3, 0.4) is 0 Å². The Kier molecular flexibility index (Phi) is 6.12. The third kappa shape index (κ3) is 4.34. The number of halogens is 2. The van der Waals surface area contributed by atoms with Crippen LogP contribution in [-0.4, -0.2) is 34.8 Å². The number of carbonyl (C=O) groups is 1. The van der Waals surface area contributed by atoms with Crippen LogP contribution in [0.2, 0.25) is 0 Å². The average molecular weight is 491 g/mol. The van der Waals surface area contributed by atoms with E-state index in [1.165, 1.54) is 12.1 Å². The van der Waals surface area contributed by atoms with E-state index < -0.39 is 11.6 Å². The molecule has 1 saturated carbocycles. The zero-order chi connectivity index (χ0) is 24.8. The van der Waals surface area contributed by atoms with Gasteiger partial charge in [-0.05, 0) is 105 Å². The SMILES string of the molecule is CC1CCc2c(ccc(-c3cnn(C4CCNCC4)c3)c2Cc2ccc(F)c(F)c2)N1C(=O)C1CC1. The number of amides is 1. The Balaban J connectivity index is 1.44. The van der Waals surface area contributed by atoms with Crippen molar-refractivity contribution in [2.45, 2.75) is 64.0 Å². The summed E-state index contributed by atoms with van der Waals surface area (Å²) < 4.78 is 29.9. The fourth-order valence-electron chi connectivity index (χ4n) is 5.84. The van der Waals surface area contributed by atoms with Crippen LogP contribution in [0.4, 0.5) is 14.5 Å². The minimum Gasteiger partial charge on any atom is -0.317 e. The number of nitrogens with one attached hydrogen (secondary N) is 1. The van der Waals surface area contributed by atoms with Crippen molar-refractivity contribution in [3.8, 4) is 11.1 Å². The quantitative estimate of drug-likeness (QED) is 0.520. The van der Waals surface area contributed by atoms with Crippen molar-refractivity contribution in [3.63, 3.8) is 0 Å². The highest BCUT2D eigenvalue weighted by atomic mass is 19.2. The highest BCUT2D eigenvalue weighted by Crippen LogP contribution is 2.42. The van der Waals surface area contributed by atoms with Gasteiger partial charge in [0.2, 0.25) is 5.91 Å². The monoisotopic (exact) mass is 490 g/mol. The van der Waals surface area contributed by atoms with Crippen LogP contribution in [0.25, 0.3) is 11.1 Å². The second kappa shape index (κ2) is 9.43. The summed E-state index contributed by atoms with van der Waals surface area (Å²) in [5.74, 6) is -1.33. The molecule has 0 bridgehead atoms. The maximum absolute atomic E-state index is 14.1. The lowest BCUT2D eigenvalue weighted by molar-refractivity contribution is -0.120. The molecule has 0 spiro atoms. The first kappa shape index (κ1) is 23.3. The van der Waals surface area contributed by atoms with E-state index in [0.29, 0.717) is 18.0 Å². The van der Waals surface area contributed by atoms with Gasteiger partial charge in [0.25, 0.3) is 0 Å². The molecule has 5 nitrogen and oxygen atoms in total. The average Bonchev–Trinajstić information content (AvgIpc) is 3.63. The molecule has 1 atom stereocenters. The molecule has 1 unspecified atom stereocenters. The summed E-state index contributed by atoms with van der Waals surface area (Å²) in [5, 5.41) is 8.10. The van der Waals surface area contributed by atoms with Crippen LogP contribution in [0.5, 0.6) is 0 Å². The van der Waals surface area contributed by atoms with Gasteiger partial charge in [-0.25, -0.2) is 8.78 Å². The van der Waals surface area contributed by atoms with E-state index in [1.54, 1.807) is 6.07 Å². The minimum absolute atomic E-state index is 0.135. The molecule has 2 aromatic carbocycles. The van der Waals surface area contributed by atoms with Gasteiger partial charge < -0.3 is 10.2 Å². The van der Waals surface area contributed by atoms with Crippen LogP contribution in [0.1, 0.15) is 61.8 Å². The fraction of sp³-hybridized carbons (Fsp3) is 0.448. The Morgan fingerprint density at radius 1 is 1.06 bits per heavy atom. The van der Waals surface area contributed by atoms with Crippen LogP contribution < -0.4 is 10.2 Å². The van der Waals surface area contributed by atoms with Gasteiger partial charge in [0.05, 0.1) is 12.2 Å². The van der Waals surface area contributed by atoms with Gasteiger partial charge >= 0.3 is 0 Å². The number of hydrogen-bond acceptors (Lipinski definition) is 3. The Morgan fingerprint density at radius 3 is 2.61 bits per heavy atom. The van der Waals surface area contributed by atoms with Crippen molar-refractivity contribution in [3.05, 3.63) is 71.1 Å². The van der Waals surface area contributed by atoms with E-state index >= 15 is 0 Å². The Bertz CT molecular complexity index is 1290. The molecule has 3 aromatic rings. The molecule has 36 heavy (non-hydrogen) atoms. The molecule has 1 saturated heterocycles. The van der Waals surface area contributed by atoms with E-state index in [4.69, 9.17) is 5.10 Å². The molecular weight excluding hydrogens is 458 g/mol. The Morgan fingerprint density at radius 2 is 1.86 bits per heavy atom. The van der Waals surface area contributed by atoms with Crippen molar-refractivity contribution >= 4 is 11.6 Å². The summed E-state index contributed by atoms with van der Waals surface area (Å²) in [6.07, 6.45) is 10.2. The van der Waals surface area contributed by atoms with Crippen molar-refractivity contribution in [2.24, 2.45) is 5.92 Å². The number of fused-ring (bicyclic) bond motifs is 1. The second-order valence-electron chi connectivity index (χ2n) is 10.6. The summed E-state index contributed by atoms with van der Waals surface area (Å²) in [6.45, 7) is 4.10. The van der Waals surface area contributed by atoms with Gasteiger partial charge in [-0.15, -0.1) is 0 Å². The van der Waals surface area contributed by atoms with E-state index in [1.807, 2.05) is 11.1 Å². The molecule has 1 amide bonds. The number of piperidine rings is 1. The van der Waals surface area contributed by atoms with Crippen molar-refractivity contribution in [1.29, 1.82) is 0 Å². The lowest BCUT2D eigenvalue weighted by Crippen LogP contribution is -2.43. The maximum Gasteiger partial charge on any atom is 0.230 e. The summed E-state index contributed by atoms with van der Waals surface area (Å²) in [5.41, 5.74) is 5.97. The highest BCUT2D eigenvalue weighted by molar-refractivity contribution is 5.98. The smallest absolute Gasteiger partial charge is 0.230 e. The minimum atomic E-state index is -0.840. The van der Waals surface area contributed by atoms with Gasteiger partial charge in [-0.3, -0.25) is 9.48 Å². The lowest BCUT2D eigenvalue weighted by atomic mass is 9.85. The van der Waals surface area contributed by atoms with E-state index in [9.17, 15) is 13.6 Å². The molecule has 3 heterocycles. The first-order valence-electron chi connectivity index (χ1n) is 13.2. The summed E-state index contributed by atoms with van der Waals surface area (Å²) >= 11 is 0. The number of anilines is 1. The van der Waals surface area contributed by atoms with Gasteiger partial charge in [-0.2, -0.15) is 5.10 Å². The predicted molar refractivity (Wildman–Crippen MR) is 136 cm³/mol. The Hall–Kier alpha value is -3.06. The van der Waals surface area contributed by atoms with Crippen molar-refractivity contribution in [2.75, 3.05) is 18.0 Å². The zero-order valence-corrected chi connectivity index (χ0v) is 20.6. The third-order valence-electron chi connectivity index (χ3n) is 8.04. The highest BCUT2D eigenvalue weighted by Gasteiger charge is 2.39.